The molecule has 7 unspecified atom stereocenters. The molecule has 3 aliphatic carbocycles. The van der Waals surface area contributed by atoms with Gasteiger partial charge in [0.25, 0.3) is 0 Å². The van der Waals surface area contributed by atoms with Crippen LogP contribution in [0.15, 0.2) is 47.1 Å². The third-order valence-electron chi connectivity index (χ3n) is 10.0. The molecule has 1 saturated carbocycles. The van der Waals surface area contributed by atoms with Gasteiger partial charge in [-0.05, 0) is 80.3 Å². The Morgan fingerprint density at radius 1 is 1.17 bits per heavy atom. The minimum atomic E-state index is -0.888. The quantitative estimate of drug-likeness (QED) is 0.294. The van der Waals surface area contributed by atoms with Crippen molar-refractivity contribution in [2.45, 2.75) is 85.7 Å². The summed E-state index contributed by atoms with van der Waals surface area (Å²) in [5.74, 6) is -2.68. The molecule has 0 aromatic rings. The molecule has 0 saturated heterocycles. The predicted molar refractivity (Wildman–Crippen MR) is 140 cm³/mol. The first-order chi connectivity index (χ1) is 16.7. The Balaban J connectivity index is 2.04. The Morgan fingerprint density at radius 2 is 1.83 bits per heavy atom. The van der Waals surface area contributed by atoms with Crippen LogP contribution in [0.2, 0.25) is 0 Å². The van der Waals surface area contributed by atoms with E-state index < -0.39 is 40.7 Å². The summed E-state index contributed by atoms with van der Waals surface area (Å²) in [5, 5.41) is 40.4. The molecular formula is C30H44O6. The fraction of sp³-hybridized carbons (Fsp3) is 0.667. The monoisotopic (exact) mass is 500 g/mol. The maximum atomic E-state index is 12.5. The highest BCUT2D eigenvalue weighted by Gasteiger charge is 2.65. The topological polar surface area (TPSA) is 115 Å². The molecule has 0 radical (unpaired) electrons. The van der Waals surface area contributed by atoms with Crippen LogP contribution in [0.5, 0.6) is 0 Å². The lowest BCUT2D eigenvalue weighted by atomic mass is 9.48. The summed E-state index contributed by atoms with van der Waals surface area (Å²) in [6, 6.07) is 0. The van der Waals surface area contributed by atoms with E-state index in [0.717, 1.165) is 28.7 Å². The first-order valence-electron chi connectivity index (χ1n) is 13.2. The molecule has 3 aliphatic rings. The molecule has 36 heavy (non-hydrogen) atoms. The van der Waals surface area contributed by atoms with Crippen LogP contribution in [0.1, 0.15) is 79.6 Å². The van der Waals surface area contributed by atoms with Gasteiger partial charge in [0.15, 0.2) is 0 Å². The highest BCUT2D eigenvalue weighted by atomic mass is 16.4. The Bertz CT molecular complexity index is 1000. The van der Waals surface area contributed by atoms with Crippen molar-refractivity contribution in [2.75, 3.05) is 6.61 Å². The second-order valence-corrected chi connectivity index (χ2v) is 12.2. The van der Waals surface area contributed by atoms with Gasteiger partial charge in [-0.25, -0.2) is 0 Å². The number of aliphatic hydroxyl groups excluding tert-OH is 2. The number of carbonyl (C=O) groups is 2. The van der Waals surface area contributed by atoms with Crippen LogP contribution in [0.25, 0.3) is 0 Å². The molecule has 6 heteroatoms. The number of hydrogen-bond acceptors (Lipinski definition) is 4. The van der Waals surface area contributed by atoms with E-state index in [4.69, 9.17) is 0 Å². The molecule has 4 N–H and O–H groups in total. The van der Waals surface area contributed by atoms with Gasteiger partial charge in [0.1, 0.15) is 0 Å². The van der Waals surface area contributed by atoms with Crippen LogP contribution in [0.3, 0.4) is 0 Å². The van der Waals surface area contributed by atoms with Crippen molar-refractivity contribution in [1.82, 2.24) is 0 Å². The number of aliphatic carboxylic acids is 2. The molecule has 0 spiro atoms. The van der Waals surface area contributed by atoms with Crippen molar-refractivity contribution in [1.29, 1.82) is 0 Å². The van der Waals surface area contributed by atoms with Crippen molar-refractivity contribution >= 4 is 11.9 Å². The Hall–Kier alpha value is -2.18. The van der Waals surface area contributed by atoms with E-state index in [2.05, 4.69) is 39.5 Å². The van der Waals surface area contributed by atoms with E-state index in [1.807, 2.05) is 19.9 Å². The maximum absolute atomic E-state index is 12.5. The molecule has 1 fully saturated rings. The van der Waals surface area contributed by atoms with E-state index in [0.29, 0.717) is 32.1 Å². The summed E-state index contributed by atoms with van der Waals surface area (Å²) in [6.07, 6.45) is 9.02. The van der Waals surface area contributed by atoms with Gasteiger partial charge in [-0.1, -0.05) is 56.7 Å². The lowest BCUT2D eigenvalue weighted by molar-refractivity contribution is -0.148. The highest BCUT2D eigenvalue weighted by molar-refractivity contribution is 5.71. The van der Waals surface area contributed by atoms with Crippen LogP contribution in [0.4, 0.5) is 0 Å². The number of carboxylic acid groups (broad SMARTS) is 2. The van der Waals surface area contributed by atoms with Gasteiger partial charge in [0.05, 0.1) is 18.6 Å². The third-order valence-corrected chi connectivity index (χ3v) is 10.0. The number of hydrogen-bond donors (Lipinski definition) is 4. The van der Waals surface area contributed by atoms with Gasteiger partial charge in [-0.2, -0.15) is 0 Å². The van der Waals surface area contributed by atoms with E-state index in [-0.39, 0.29) is 24.4 Å². The lowest BCUT2D eigenvalue weighted by Crippen LogP contribution is -2.48. The molecule has 200 valence electrons. The van der Waals surface area contributed by atoms with Crippen LogP contribution < -0.4 is 0 Å². The van der Waals surface area contributed by atoms with E-state index in [9.17, 15) is 30.0 Å². The zero-order valence-electron chi connectivity index (χ0n) is 22.5. The Morgan fingerprint density at radius 3 is 2.39 bits per heavy atom. The van der Waals surface area contributed by atoms with Crippen LogP contribution in [0, 0.1) is 34.0 Å². The van der Waals surface area contributed by atoms with Crippen molar-refractivity contribution in [3.63, 3.8) is 0 Å². The number of carboxylic acids is 2. The second-order valence-electron chi connectivity index (χ2n) is 12.2. The van der Waals surface area contributed by atoms with E-state index in [1.165, 1.54) is 0 Å². The number of rotatable bonds is 10. The summed E-state index contributed by atoms with van der Waals surface area (Å²) < 4.78 is 0. The molecule has 0 aliphatic heterocycles. The Labute approximate surface area is 215 Å². The first kappa shape index (κ1) is 28.4. The normalized spacial score (nSPS) is 36.9. The van der Waals surface area contributed by atoms with Crippen molar-refractivity contribution in [2.24, 2.45) is 34.0 Å². The molecule has 6 nitrogen and oxygen atoms in total. The summed E-state index contributed by atoms with van der Waals surface area (Å²) in [4.78, 5) is 24.0. The van der Waals surface area contributed by atoms with Crippen molar-refractivity contribution in [3.05, 3.63) is 47.1 Å². The molecule has 0 heterocycles. The van der Waals surface area contributed by atoms with Crippen molar-refractivity contribution < 1.29 is 30.0 Å². The molecule has 0 bridgehead atoms. The Kier molecular flexibility index (Phi) is 8.12. The SMILES string of the molecule is C=C(C)C1CC=C2C(=CCC3(C)C(C(CCC=C(C)CO)C(=O)O)C(O)CC23C)C1(C)CCC(=O)O. The van der Waals surface area contributed by atoms with Gasteiger partial charge in [-0.3, -0.25) is 9.59 Å². The molecular weight excluding hydrogens is 456 g/mol. The molecule has 0 amide bonds. The molecule has 0 aromatic carbocycles. The minimum Gasteiger partial charge on any atom is -0.481 e. The van der Waals surface area contributed by atoms with Gasteiger partial charge in [-0.15, -0.1) is 0 Å². The maximum Gasteiger partial charge on any atom is 0.306 e. The fourth-order valence-electron chi connectivity index (χ4n) is 7.79. The number of fused-ring (bicyclic) bond motifs is 3. The smallest absolute Gasteiger partial charge is 0.306 e. The minimum absolute atomic E-state index is 0.0485. The second kappa shape index (κ2) is 10.3. The number of aliphatic hydroxyl groups is 2. The number of allylic oxidation sites excluding steroid dienone is 6. The summed E-state index contributed by atoms with van der Waals surface area (Å²) in [5.41, 5.74) is 2.92. The predicted octanol–water partition coefficient (Wildman–Crippen LogP) is 5.52. The molecule has 3 rings (SSSR count). The highest BCUT2D eigenvalue weighted by Crippen LogP contribution is 2.70. The molecule has 7 atom stereocenters. The summed E-state index contributed by atoms with van der Waals surface area (Å²) >= 11 is 0. The van der Waals surface area contributed by atoms with Gasteiger partial charge in [0.2, 0.25) is 0 Å². The summed E-state index contributed by atoms with van der Waals surface area (Å²) in [7, 11) is 0. The van der Waals surface area contributed by atoms with Gasteiger partial charge in [0, 0.05) is 17.8 Å². The van der Waals surface area contributed by atoms with Crippen LogP contribution >= 0.6 is 0 Å². The van der Waals surface area contributed by atoms with Gasteiger partial charge < -0.3 is 20.4 Å². The fourth-order valence-corrected chi connectivity index (χ4v) is 7.79. The van der Waals surface area contributed by atoms with Crippen LogP contribution in [-0.4, -0.2) is 45.1 Å². The third kappa shape index (κ3) is 4.63. The zero-order chi connectivity index (χ0) is 27.1. The van der Waals surface area contributed by atoms with E-state index >= 15 is 0 Å². The first-order valence-corrected chi connectivity index (χ1v) is 13.2. The average molecular weight is 501 g/mol. The van der Waals surface area contributed by atoms with Crippen molar-refractivity contribution in [3.8, 4) is 0 Å². The van der Waals surface area contributed by atoms with E-state index in [1.54, 1.807) is 0 Å². The van der Waals surface area contributed by atoms with Gasteiger partial charge >= 0.3 is 11.9 Å². The zero-order valence-corrected chi connectivity index (χ0v) is 22.5. The standard InChI is InChI=1S/C30H44O6/c1-18(2)21-10-11-23-22(28(21,4)14-13-25(33)34)12-15-29(5)26(24(32)16-30(23,29)6)20(27(35)36)9-7-8-19(3)17-31/h8,11-12,20-21,24,26,31-32H,1,7,9-10,13-17H2,2-6H3,(H,33,34)(H,35,36). The van der Waals surface area contributed by atoms with Crippen LogP contribution in [-0.2, 0) is 9.59 Å². The summed E-state index contributed by atoms with van der Waals surface area (Å²) in [6.45, 7) is 14.5. The average Bonchev–Trinajstić information content (AvgIpc) is 3.00. The lowest BCUT2D eigenvalue weighted by Gasteiger charge is -2.56. The largest absolute Gasteiger partial charge is 0.481 e. The molecule has 0 aromatic heterocycles.